The lowest BCUT2D eigenvalue weighted by atomic mass is 10.0. The van der Waals surface area contributed by atoms with Crippen molar-refractivity contribution in [2.24, 2.45) is 11.8 Å². The van der Waals surface area contributed by atoms with Crippen LogP contribution in [0.5, 0.6) is 0 Å². The molecular formula is C36H48N4. The Balaban J connectivity index is 0.000000220. The minimum Gasteiger partial charge on any atom is -0.399 e. The molecule has 0 heterocycles. The number of benzene rings is 4. The molecule has 0 bridgehead atoms. The summed E-state index contributed by atoms with van der Waals surface area (Å²) in [7, 11) is 0. The van der Waals surface area contributed by atoms with E-state index >= 15 is 0 Å². The quantitative estimate of drug-likeness (QED) is 0.198. The largest absolute Gasteiger partial charge is 0.399 e. The minimum absolute atomic E-state index is 0.445. The van der Waals surface area contributed by atoms with Gasteiger partial charge in [0.25, 0.3) is 0 Å². The smallest absolute Gasteiger partial charge is 0.0414 e. The number of nitrogens with two attached hydrogens (primary N) is 2. The molecular weight excluding hydrogens is 488 g/mol. The molecule has 4 aromatic carbocycles. The molecule has 0 aromatic heterocycles. The van der Waals surface area contributed by atoms with Crippen LogP contribution in [0.25, 0.3) is 0 Å². The molecule has 4 rings (SSSR count). The van der Waals surface area contributed by atoms with Crippen LogP contribution in [0.15, 0.2) is 109 Å². The summed E-state index contributed by atoms with van der Waals surface area (Å²) in [6.07, 6.45) is 2.30. The zero-order chi connectivity index (χ0) is 29.1. The molecule has 0 saturated heterocycles. The van der Waals surface area contributed by atoms with Crippen LogP contribution in [0.3, 0.4) is 0 Å². The molecule has 4 nitrogen and oxygen atoms in total. The van der Waals surface area contributed by atoms with E-state index in [1.165, 1.54) is 22.7 Å². The topological polar surface area (TPSA) is 58.5 Å². The van der Waals surface area contributed by atoms with Gasteiger partial charge in [0.2, 0.25) is 0 Å². The van der Waals surface area contributed by atoms with Gasteiger partial charge in [0.1, 0.15) is 0 Å². The molecule has 4 heteroatoms. The van der Waals surface area contributed by atoms with E-state index in [0.29, 0.717) is 23.9 Å². The summed E-state index contributed by atoms with van der Waals surface area (Å²) in [5.41, 5.74) is 18.1. The zero-order valence-corrected chi connectivity index (χ0v) is 25.2. The lowest BCUT2D eigenvalue weighted by molar-refractivity contribution is 0.513. The lowest BCUT2D eigenvalue weighted by Gasteiger charge is -2.32. The van der Waals surface area contributed by atoms with Crippen LogP contribution in [0.2, 0.25) is 0 Å². The Morgan fingerprint density at radius 1 is 0.425 bits per heavy atom. The fraction of sp³-hybridized carbons (Fsp3) is 0.333. The van der Waals surface area contributed by atoms with Gasteiger partial charge in [-0.1, -0.05) is 64.1 Å². The second-order valence-electron chi connectivity index (χ2n) is 11.6. The number of anilines is 6. The van der Waals surface area contributed by atoms with Crippen molar-refractivity contribution < 1.29 is 0 Å². The van der Waals surface area contributed by atoms with Crippen molar-refractivity contribution in [1.29, 1.82) is 0 Å². The highest BCUT2D eigenvalue weighted by Crippen LogP contribution is 2.31. The summed E-state index contributed by atoms with van der Waals surface area (Å²) in [5.74, 6) is 1.34. The second kappa shape index (κ2) is 15.0. The maximum atomic E-state index is 5.80. The molecule has 0 spiro atoms. The second-order valence-corrected chi connectivity index (χ2v) is 11.6. The fourth-order valence-corrected chi connectivity index (χ4v) is 5.34. The molecule has 2 unspecified atom stereocenters. The monoisotopic (exact) mass is 536 g/mol. The van der Waals surface area contributed by atoms with Crippen molar-refractivity contribution in [3.05, 3.63) is 109 Å². The van der Waals surface area contributed by atoms with Gasteiger partial charge >= 0.3 is 0 Å². The van der Waals surface area contributed by atoms with Gasteiger partial charge in [-0.25, -0.2) is 0 Å². The predicted octanol–water partition coefficient (Wildman–Crippen LogP) is 9.68. The number of hydrogen-bond acceptors (Lipinski definition) is 4. The average Bonchev–Trinajstić information content (AvgIpc) is 2.92. The van der Waals surface area contributed by atoms with E-state index in [2.05, 4.69) is 136 Å². The summed E-state index contributed by atoms with van der Waals surface area (Å²) in [5, 5.41) is 0. The summed E-state index contributed by atoms with van der Waals surface area (Å²) in [6, 6.07) is 38.2. The Morgan fingerprint density at radius 3 is 0.975 bits per heavy atom. The molecule has 0 amide bonds. The highest BCUT2D eigenvalue weighted by Gasteiger charge is 2.18. The molecule has 0 aliphatic carbocycles. The first-order valence-electron chi connectivity index (χ1n) is 14.5. The highest BCUT2D eigenvalue weighted by molar-refractivity contribution is 5.66. The first kappa shape index (κ1) is 30.6. The Labute approximate surface area is 242 Å². The first-order chi connectivity index (χ1) is 19.2. The van der Waals surface area contributed by atoms with Crippen molar-refractivity contribution in [1.82, 2.24) is 0 Å². The lowest BCUT2D eigenvalue weighted by Crippen LogP contribution is -2.29. The summed E-state index contributed by atoms with van der Waals surface area (Å²) in [6.45, 7) is 13.6. The number of nitrogen functional groups attached to an aromatic ring is 2. The van der Waals surface area contributed by atoms with Crippen LogP contribution in [-0.2, 0) is 0 Å². The molecule has 4 aromatic rings. The van der Waals surface area contributed by atoms with Crippen molar-refractivity contribution in [2.45, 2.75) is 66.5 Å². The Morgan fingerprint density at radius 2 is 0.700 bits per heavy atom. The van der Waals surface area contributed by atoms with E-state index in [1.54, 1.807) is 0 Å². The molecule has 40 heavy (non-hydrogen) atoms. The molecule has 0 aliphatic heterocycles. The van der Waals surface area contributed by atoms with Crippen molar-refractivity contribution >= 4 is 34.1 Å². The Hall–Kier alpha value is -3.92. The molecule has 0 aliphatic rings. The molecule has 0 saturated carbocycles. The van der Waals surface area contributed by atoms with Crippen molar-refractivity contribution in [3.63, 3.8) is 0 Å². The maximum Gasteiger partial charge on any atom is 0.0414 e. The molecule has 0 radical (unpaired) electrons. The SMILES string of the molecule is CC(C)CC(C)N(c1ccccc1)c1ccc(N)cc1.CC(C)CC(C)N(c1ccccc1)c1ccc(N)cc1. The summed E-state index contributed by atoms with van der Waals surface area (Å²) in [4.78, 5) is 4.78. The summed E-state index contributed by atoms with van der Waals surface area (Å²) < 4.78 is 0. The van der Waals surface area contributed by atoms with E-state index in [-0.39, 0.29) is 0 Å². The van der Waals surface area contributed by atoms with Crippen LogP contribution >= 0.6 is 0 Å². The van der Waals surface area contributed by atoms with Gasteiger partial charge < -0.3 is 21.3 Å². The van der Waals surface area contributed by atoms with Crippen LogP contribution in [0.1, 0.15) is 54.4 Å². The third kappa shape index (κ3) is 9.08. The van der Waals surface area contributed by atoms with Gasteiger partial charge in [-0.15, -0.1) is 0 Å². The van der Waals surface area contributed by atoms with Gasteiger partial charge in [0.15, 0.2) is 0 Å². The molecule has 4 N–H and O–H groups in total. The Kier molecular flexibility index (Phi) is 11.5. The van der Waals surface area contributed by atoms with Gasteiger partial charge in [-0.2, -0.15) is 0 Å². The fourth-order valence-electron chi connectivity index (χ4n) is 5.34. The van der Waals surface area contributed by atoms with E-state index < -0.39 is 0 Å². The number of nitrogens with zero attached hydrogens (tertiary/aromatic N) is 2. The third-order valence-electron chi connectivity index (χ3n) is 6.92. The van der Waals surface area contributed by atoms with Crippen molar-refractivity contribution in [3.8, 4) is 0 Å². The molecule has 212 valence electrons. The van der Waals surface area contributed by atoms with Gasteiger partial charge in [0.05, 0.1) is 0 Å². The van der Waals surface area contributed by atoms with Crippen LogP contribution in [-0.4, -0.2) is 12.1 Å². The number of hydrogen-bond donors (Lipinski definition) is 2. The van der Waals surface area contributed by atoms with E-state index in [9.17, 15) is 0 Å². The van der Waals surface area contributed by atoms with E-state index in [0.717, 1.165) is 24.2 Å². The van der Waals surface area contributed by atoms with Crippen LogP contribution < -0.4 is 21.3 Å². The van der Waals surface area contributed by atoms with Gasteiger partial charge in [0, 0.05) is 46.2 Å². The zero-order valence-electron chi connectivity index (χ0n) is 25.2. The molecule has 2 atom stereocenters. The first-order valence-corrected chi connectivity index (χ1v) is 14.5. The number of para-hydroxylation sites is 2. The van der Waals surface area contributed by atoms with E-state index in [4.69, 9.17) is 11.5 Å². The standard InChI is InChI=1S/2C18H24N2/c2*1-14(2)13-15(3)20(17-7-5-4-6-8-17)18-11-9-16(19)10-12-18/h2*4-12,14-15H,13,19H2,1-3H3. The van der Waals surface area contributed by atoms with E-state index in [1.807, 2.05) is 24.3 Å². The van der Waals surface area contributed by atoms with Gasteiger partial charge in [-0.05, 0) is 111 Å². The van der Waals surface area contributed by atoms with Crippen LogP contribution in [0, 0.1) is 11.8 Å². The van der Waals surface area contributed by atoms with Crippen molar-refractivity contribution in [2.75, 3.05) is 21.3 Å². The predicted molar refractivity (Wildman–Crippen MR) is 177 cm³/mol. The third-order valence-corrected chi connectivity index (χ3v) is 6.92. The minimum atomic E-state index is 0.445. The maximum absolute atomic E-state index is 5.80. The average molecular weight is 537 g/mol. The number of rotatable bonds is 10. The summed E-state index contributed by atoms with van der Waals surface area (Å²) >= 11 is 0. The Bertz CT molecular complexity index is 1130. The van der Waals surface area contributed by atoms with Crippen LogP contribution in [0.4, 0.5) is 34.1 Å². The normalized spacial score (nSPS) is 12.4. The molecule has 0 fully saturated rings. The highest BCUT2D eigenvalue weighted by atomic mass is 15.2. The van der Waals surface area contributed by atoms with Gasteiger partial charge in [-0.3, -0.25) is 0 Å².